The van der Waals surface area contributed by atoms with E-state index in [2.05, 4.69) is 15.6 Å². The molecule has 1 aromatic carbocycles. The lowest BCUT2D eigenvalue weighted by molar-refractivity contribution is -0.384. The molecule has 2 amide bonds. The van der Waals surface area contributed by atoms with Crippen LogP contribution < -0.4 is 20.3 Å². The van der Waals surface area contributed by atoms with Crippen molar-refractivity contribution in [2.45, 2.75) is 38.3 Å². The fourth-order valence-corrected chi connectivity index (χ4v) is 3.80. The van der Waals surface area contributed by atoms with Gasteiger partial charge in [-0.2, -0.15) is 0 Å². The van der Waals surface area contributed by atoms with Crippen LogP contribution in [0.25, 0.3) is 0 Å². The number of ether oxygens (including phenoxy) is 1. The average Bonchev–Trinajstić information content (AvgIpc) is 2.79. The third kappa shape index (κ3) is 5.93. The number of nitro groups is 1. The van der Waals surface area contributed by atoms with Gasteiger partial charge in [-0.05, 0) is 36.6 Å². The highest BCUT2D eigenvalue weighted by Crippen LogP contribution is 2.27. The number of amides is 2. The number of hydrogen-bond acceptors (Lipinski definition) is 7. The van der Waals surface area contributed by atoms with Crippen molar-refractivity contribution in [2.24, 2.45) is 0 Å². The van der Waals surface area contributed by atoms with Crippen LogP contribution in [0.5, 0.6) is 5.75 Å². The Hall–Kier alpha value is -3.69. The number of nitrogens with zero attached hydrogens (tertiary/aromatic N) is 3. The second-order valence-electron chi connectivity index (χ2n) is 7.68. The first-order valence-electron chi connectivity index (χ1n) is 10.4. The zero-order valence-electron chi connectivity index (χ0n) is 18.1. The Labute approximate surface area is 186 Å². The molecule has 0 saturated carbocycles. The smallest absolute Gasteiger partial charge is 0.311 e. The van der Waals surface area contributed by atoms with Gasteiger partial charge in [0.05, 0.1) is 12.0 Å². The minimum absolute atomic E-state index is 0.0287. The van der Waals surface area contributed by atoms with Crippen molar-refractivity contribution in [1.82, 2.24) is 15.6 Å². The normalized spacial score (nSPS) is 15.0. The highest BCUT2D eigenvalue weighted by Gasteiger charge is 2.28. The molecule has 1 saturated heterocycles. The Kier molecular flexibility index (Phi) is 7.58. The van der Waals surface area contributed by atoms with E-state index in [1.54, 1.807) is 13.2 Å². The summed E-state index contributed by atoms with van der Waals surface area (Å²) in [5.41, 5.74) is 0.842. The number of anilines is 1. The van der Waals surface area contributed by atoms with Crippen molar-refractivity contribution in [1.29, 1.82) is 0 Å². The van der Waals surface area contributed by atoms with E-state index in [0.717, 1.165) is 5.56 Å². The molecule has 1 fully saturated rings. The number of benzene rings is 1. The van der Waals surface area contributed by atoms with E-state index in [9.17, 15) is 19.7 Å². The molecule has 1 aliphatic heterocycles. The lowest BCUT2D eigenvalue weighted by atomic mass is 10.0. The molecule has 10 nitrogen and oxygen atoms in total. The molecule has 0 spiro atoms. The maximum absolute atomic E-state index is 12.9. The molecule has 3 rings (SSSR count). The number of methoxy groups -OCH3 is 1. The van der Waals surface area contributed by atoms with Crippen LogP contribution in [0.2, 0.25) is 0 Å². The lowest BCUT2D eigenvalue weighted by Crippen LogP contribution is -2.52. The van der Waals surface area contributed by atoms with E-state index in [4.69, 9.17) is 4.74 Å². The second-order valence-corrected chi connectivity index (χ2v) is 7.68. The largest absolute Gasteiger partial charge is 0.497 e. The molecular weight excluding hydrogens is 414 g/mol. The molecule has 0 bridgehead atoms. The number of nitrogens with one attached hydrogen (secondary N) is 2. The summed E-state index contributed by atoms with van der Waals surface area (Å²) >= 11 is 0. The first kappa shape index (κ1) is 23.0. The van der Waals surface area contributed by atoms with Crippen LogP contribution in [0.4, 0.5) is 11.5 Å². The second kappa shape index (κ2) is 10.6. The summed E-state index contributed by atoms with van der Waals surface area (Å²) in [4.78, 5) is 41.5. The van der Waals surface area contributed by atoms with E-state index >= 15 is 0 Å². The van der Waals surface area contributed by atoms with Crippen LogP contribution >= 0.6 is 0 Å². The minimum Gasteiger partial charge on any atom is -0.497 e. The van der Waals surface area contributed by atoms with Gasteiger partial charge >= 0.3 is 5.69 Å². The first-order chi connectivity index (χ1) is 15.4. The van der Waals surface area contributed by atoms with Gasteiger partial charge < -0.3 is 20.3 Å². The summed E-state index contributed by atoms with van der Waals surface area (Å²) in [6.45, 7) is 2.44. The Bertz CT molecular complexity index is 975. The van der Waals surface area contributed by atoms with Crippen LogP contribution in [-0.2, 0) is 16.0 Å². The molecule has 0 unspecified atom stereocenters. The Morgan fingerprint density at radius 2 is 2.03 bits per heavy atom. The molecule has 32 heavy (non-hydrogen) atoms. The molecular formula is C22H27N5O5. The van der Waals surface area contributed by atoms with E-state index in [0.29, 0.717) is 43.9 Å². The number of rotatable bonds is 8. The van der Waals surface area contributed by atoms with E-state index < -0.39 is 11.0 Å². The summed E-state index contributed by atoms with van der Waals surface area (Å²) in [6.07, 6.45) is 3.10. The van der Waals surface area contributed by atoms with E-state index in [-0.39, 0.29) is 23.5 Å². The molecule has 1 aromatic heterocycles. The fourth-order valence-electron chi connectivity index (χ4n) is 3.80. The van der Waals surface area contributed by atoms with Crippen LogP contribution in [0, 0.1) is 10.1 Å². The molecule has 1 atom stereocenters. The van der Waals surface area contributed by atoms with Gasteiger partial charge in [-0.25, -0.2) is 4.98 Å². The van der Waals surface area contributed by atoms with Crippen molar-refractivity contribution in [2.75, 3.05) is 25.1 Å². The van der Waals surface area contributed by atoms with Gasteiger partial charge in [0.1, 0.15) is 11.8 Å². The average molecular weight is 441 g/mol. The Morgan fingerprint density at radius 3 is 2.69 bits per heavy atom. The molecule has 0 aliphatic carbocycles. The molecule has 2 aromatic rings. The standard InChI is InChI=1S/C22H27N5O5/c1-15(28)24-19(14-16-5-3-6-18(13-16)32-2)22(29)25-17-8-11-26(12-9-17)21-20(27(30)31)7-4-10-23-21/h3-7,10,13,17,19H,8-9,11-12,14H2,1-2H3,(H,24,28)(H,25,29)/t19-/m1/s1. The quantitative estimate of drug-likeness (QED) is 0.473. The summed E-state index contributed by atoms with van der Waals surface area (Å²) in [7, 11) is 1.57. The van der Waals surface area contributed by atoms with Crippen LogP contribution in [0.15, 0.2) is 42.6 Å². The number of piperidine rings is 1. The van der Waals surface area contributed by atoms with Gasteiger partial charge in [0.2, 0.25) is 17.6 Å². The molecule has 170 valence electrons. The van der Waals surface area contributed by atoms with Gasteiger partial charge in [0.25, 0.3) is 0 Å². The topological polar surface area (TPSA) is 127 Å². The van der Waals surface area contributed by atoms with Crippen molar-refractivity contribution in [3.63, 3.8) is 0 Å². The Morgan fingerprint density at radius 1 is 1.28 bits per heavy atom. The molecule has 10 heteroatoms. The summed E-state index contributed by atoms with van der Waals surface area (Å²) in [5, 5.41) is 17.0. The highest BCUT2D eigenvalue weighted by atomic mass is 16.6. The van der Waals surface area contributed by atoms with Gasteiger partial charge in [-0.3, -0.25) is 19.7 Å². The van der Waals surface area contributed by atoms with Crippen molar-refractivity contribution in [3.05, 3.63) is 58.3 Å². The monoisotopic (exact) mass is 441 g/mol. The molecule has 2 N–H and O–H groups in total. The zero-order chi connectivity index (χ0) is 23.1. The predicted molar refractivity (Wildman–Crippen MR) is 119 cm³/mol. The van der Waals surface area contributed by atoms with Gasteiger partial charge in [-0.1, -0.05) is 12.1 Å². The van der Waals surface area contributed by atoms with E-state index in [1.807, 2.05) is 29.2 Å². The number of carbonyl (C=O) groups excluding carboxylic acids is 2. The maximum Gasteiger partial charge on any atom is 0.311 e. The van der Waals surface area contributed by atoms with Gasteiger partial charge in [-0.15, -0.1) is 0 Å². The third-order valence-corrected chi connectivity index (χ3v) is 5.37. The van der Waals surface area contributed by atoms with Crippen LogP contribution in [-0.4, -0.2) is 54.0 Å². The highest BCUT2D eigenvalue weighted by molar-refractivity contribution is 5.87. The molecule has 1 aliphatic rings. The first-order valence-corrected chi connectivity index (χ1v) is 10.4. The predicted octanol–water partition coefficient (Wildman–Crippen LogP) is 1.83. The third-order valence-electron chi connectivity index (χ3n) is 5.37. The number of aromatic nitrogens is 1. The number of carbonyl (C=O) groups is 2. The maximum atomic E-state index is 12.9. The lowest BCUT2D eigenvalue weighted by Gasteiger charge is -2.33. The van der Waals surface area contributed by atoms with Crippen LogP contribution in [0.3, 0.4) is 0 Å². The van der Waals surface area contributed by atoms with Crippen molar-refractivity contribution in [3.8, 4) is 5.75 Å². The number of hydrogen-bond donors (Lipinski definition) is 2. The SMILES string of the molecule is COc1cccc(C[C@@H](NC(C)=O)C(=O)NC2CCN(c3ncccc3[N+](=O)[O-])CC2)c1. The Balaban J connectivity index is 1.61. The van der Waals surface area contributed by atoms with E-state index in [1.165, 1.54) is 19.2 Å². The summed E-state index contributed by atoms with van der Waals surface area (Å²) in [5.74, 6) is 0.479. The van der Waals surface area contributed by atoms with Crippen molar-refractivity contribution >= 4 is 23.3 Å². The van der Waals surface area contributed by atoms with Crippen LogP contribution in [0.1, 0.15) is 25.3 Å². The fraction of sp³-hybridized carbons (Fsp3) is 0.409. The summed E-state index contributed by atoms with van der Waals surface area (Å²) in [6, 6.07) is 9.53. The number of pyridine rings is 1. The van der Waals surface area contributed by atoms with Gasteiger partial charge in [0.15, 0.2) is 0 Å². The minimum atomic E-state index is -0.713. The van der Waals surface area contributed by atoms with Gasteiger partial charge in [0, 0.05) is 44.7 Å². The van der Waals surface area contributed by atoms with Crippen molar-refractivity contribution < 1.29 is 19.2 Å². The summed E-state index contributed by atoms with van der Waals surface area (Å²) < 4.78 is 5.23. The zero-order valence-corrected chi connectivity index (χ0v) is 18.1. The molecule has 2 heterocycles. The molecule has 0 radical (unpaired) electrons.